The summed E-state index contributed by atoms with van der Waals surface area (Å²) in [5, 5.41) is 0. The predicted molar refractivity (Wildman–Crippen MR) is 84.4 cm³/mol. The summed E-state index contributed by atoms with van der Waals surface area (Å²) in [6, 6.07) is 4.05. The summed E-state index contributed by atoms with van der Waals surface area (Å²) in [5.74, 6) is 2.25. The average molecular weight is 277 g/mol. The molecule has 0 saturated carbocycles. The lowest BCUT2D eigenvalue weighted by Gasteiger charge is -2.17. The number of rotatable bonds is 9. The minimum atomic E-state index is 0.497. The lowest BCUT2D eigenvalue weighted by atomic mass is 10.1. The van der Waals surface area contributed by atoms with E-state index in [1.165, 1.54) is 0 Å². The molecule has 0 aromatic heterocycles. The van der Waals surface area contributed by atoms with Gasteiger partial charge in [0, 0.05) is 12.1 Å². The molecule has 1 rings (SSSR count). The maximum atomic E-state index is 5.97. The van der Waals surface area contributed by atoms with Crippen LogP contribution in [0.1, 0.15) is 38.3 Å². The molecule has 1 aromatic carbocycles. The average Bonchev–Trinajstić information content (AvgIpc) is 2.41. The molecule has 1 aromatic rings. The third-order valence-electron chi connectivity index (χ3n) is 3.03. The monoisotopic (exact) mass is 277 g/mol. The van der Waals surface area contributed by atoms with Crippen LogP contribution in [0.4, 0.5) is 0 Å². The Labute approximate surface area is 122 Å². The van der Waals surface area contributed by atoms with Crippen molar-refractivity contribution in [3.63, 3.8) is 0 Å². The van der Waals surface area contributed by atoms with Crippen molar-refractivity contribution in [3.05, 3.63) is 35.9 Å². The van der Waals surface area contributed by atoms with Crippen molar-refractivity contribution in [2.24, 2.45) is 11.7 Å². The molecule has 3 nitrogen and oxygen atoms in total. The van der Waals surface area contributed by atoms with E-state index in [4.69, 9.17) is 15.2 Å². The van der Waals surface area contributed by atoms with Gasteiger partial charge in [-0.15, -0.1) is 6.58 Å². The second kappa shape index (κ2) is 8.64. The largest absolute Gasteiger partial charge is 0.490 e. The van der Waals surface area contributed by atoms with Crippen molar-refractivity contribution in [3.8, 4) is 11.5 Å². The van der Waals surface area contributed by atoms with Gasteiger partial charge in [-0.1, -0.05) is 26.0 Å². The van der Waals surface area contributed by atoms with Crippen LogP contribution in [0.15, 0.2) is 24.8 Å². The van der Waals surface area contributed by atoms with Crippen molar-refractivity contribution in [1.82, 2.24) is 0 Å². The first-order valence-electron chi connectivity index (χ1n) is 7.34. The summed E-state index contributed by atoms with van der Waals surface area (Å²) in [5.41, 5.74) is 7.90. The standard InChI is InChI=1S/C17H27NO2/c1-5-7-15-10-14(12-18)11-16(19-6-2)17(15)20-9-8-13(3)4/h5,10-11,13H,1,6-9,12,18H2,2-4H3. The molecule has 0 fully saturated rings. The van der Waals surface area contributed by atoms with Crippen LogP contribution in [-0.2, 0) is 13.0 Å². The minimum absolute atomic E-state index is 0.497. The highest BCUT2D eigenvalue weighted by atomic mass is 16.5. The summed E-state index contributed by atoms with van der Waals surface area (Å²) < 4.78 is 11.7. The van der Waals surface area contributed by atoms with Crippen molar-refractivity contribution in [2.75, 3.05) is 13.2 Å². The minimum Gasteiger partial charge on any atom is -0.490 e. The second-order valence-corrected chi connectivity index (χ2v) is 5.24. The number of ether oxygens (including phenoxy) is 2. The van der Waals surface area contributed by atoms with E-state index < -0.39 is 0 Å². The number of benzene rings is 1. The molecular formula is C17H27NO2. The van der Waals surface area contributed by atoms with Crippen LogP contribution in [0.25, 0.3) is 0 Å². The Morgan fingerprint density at radius 1 is 1.30 bits per heavy atom. The maximum Gasteiger partial charge on any atom is 0.164 e. The van der Waals surface area contributed by atoms with Gasteiger partial charge in [0.05, 0.1) is 13.2 Å². The van der Waals surface area contributed by atoms with E-state index in [0.717, 1.165) is 35.5 Å². The first-order valence-corrected chi connectivity index (χ1v) is 7.34. The van der Waals surface area contributed by atoms with Gasteiger partial charge >= 0.3 is 0 Å². The second-order valence-electron chi connectivity index (χ2n) is 5.24. The number of allylic oxidation sites excluding steroid dienone is 1. The van der Waals surface area contributed by atoms with Gasteiger partial charge in [0.1, 0.15) is 0 Å². The molecule has 0 unspecified atom stereocenters. The smallest absolute Gasteiger partial charge is 0.164 e. The van der Waals surface area contributed by atoms with Crippen LogP contribution in [0, 0.1) is 5.92 Å². The van der Waals surface area contributed by atoms with Gasteiger partial charge in [-0.05, 0) is 37.3 Å². The molecule has 0 aliphatic heterocycles. The van der Waals surface area contributed by atoms with Gasteiger partial charge < -0.3 is 15.2 Å². The summed E-state index contributed by atoms with van der Waals surface area (Å²) in [7, 11) is 0. The van der Waals surface area contributed by atoms with Crippen LogP contribution in [-0.4, -0.2) is 13.2 Å². The van der Waals surface area contributed by atoms with Gasteiger partial charge in [0.25, 0.3) is 0 Å². The van der Waals surface area contributed by atoms with Crippen LogP contribution in [0.5, 0.6) is 11.5 Å². The zero-order valence-electron chi connectivity index (χ0n) is 12.9. The van der Waals surface area contributed by atoms with E-state index in [2.05, 4.69) is 26.5 Å². The Morgan fingerprint density at radius 2 is 2.05 bits per heavy atom. The first-order chi connectivity index (χ1) is 9.62. The summed E-state index contributed by atoms with van der Waals surface area (Å²) in [6.07, 6.45) is 3.66. The van der Waals surface area contributed by atoms with Gasteiger partial charge in [0.2, 0.25) is 0 Å². The SMILES string of the molecule is C=CCc1cc(CN)cc(OCC)c1OCCC(C)C. The van der Waals surface area contributed by atoms with Gasteiger partial charge in [-0.3, -0.25) is 0 Å². The van der Waals surface area contributed by atoms with Crippen molar-refractivity contribution in [1.29, 1.82) is 0 Å². The highest BCUT2D eigenvalue weighted by molar-refractivity contribution is 5.50. The topological polar surface area (TPSA) is 44.5 Å². The molecule has 0 spiro atoms. The third-order valence-corrected chi connectivity index (χ3v) is 3.03. The van der Waals surface area contributed by atoms with Crippen LogP contribution >= 0.6 is 0 Å². The molecule has 3 heteroatoms. The highest BCUT2D eigenvalue weighted by Gasteiger charge is 2.13. The summed E-state index contributed by atoms with van der Waals surface area (Å²) in [6.45, 7) is 12.0. The summed E-state index contributed by atoms with van der Waals surface area (Å²) >= 11 is 0. The molecule has 0 saturated heterocycles. The molecular weight excluding hydrogens is 250 g/mol. The van der Waals surface area contributed by atoms with Gasteiger partial charge in [-0.25, -0.2) is 0 Å². The van der Waals surface area contributed by atoms with Crippen molar-refractivity contribution < 1.29 is 9.47 Å². The molecule has 0 aliphatic carbocycles. The number of hydrogen-bond donors (Lipinski definition) is 1. The van der Waals surface area contributed by atoms with E-state index in [9.17, 15) is 0 Å². The zero-order valence-corrected chi connectivity index (χ0v) is 12.9. The lowest BCUT2D eigenvalue weighted by molar-refractivity contribution is 0.259. The fourth-order valence-corrected chi connectivity index (χ4v) is 1.97. The molecule has 0 heterocycles. The Balaban J connectivity index is 3.03. The number of hydrogen-bond acceptors (Lipinski definition) is 3. The fourth-order valence-electron chi connectivity index (χ4n) is 1.97. The molecule has 112 valence electrons. The Morgan fingerprint density at radius 3 is 2.60 bits per heavy atom. The Kier molecular flexibility index (Phi) is 7.16. The van der Waals surface area contributed by atoms with Crippen LogP contribution in [0.3, 0.4) is 0 Å². The first kappa shape index (κ1) is 16.6. The molecule has 0 bridgehead atoms. The molecule has 0 atom stereocenters. The van der Waals surface area contributed by atoms with E-state index in [1.54, 1.807) is 0 Å². The highest BCUT2D eigenvalue weighted by Crippen LogP contribution is 2.34. The van der Waals surface area contributed by atoms with Gasteiger partial charge in [0.15, 0.2) is 11.5 Å². The van der Waals surface area contributed by atoms with Gasteiger partial charge in [-0.2, -0.15) is 0 Å². The van der Waals surface area contributed by atoms with E-state index in [0.29, 0.717) is 25.7 Å². The molecule has 2 N–H and O–H groups in total. The van der Waals surface area contributed by atoms with Crippen LogP contribution < -0.4 is 15.2 Å². The van der Waals surface area contributed by atoms with Crippen molar-refractivity contribution >= 4 is 0 Å². The zero-order chi connectivity index (χ0) is 15.0. The molecule has 20 heavy (non-hydrogen) atoms. The molecule has 0 radical (unpaired) electrons. The maximum absolute atomic E-state index is 5.97. The molecule has 0 aliphatic rings. The summed E-state index contributed by atoms with van der Waals surface area (Å²) in [4.78, 5) is 0. The van der Waals surface area contributed by atoms with E-state index in [-0.39, 0.29) is 0 Å². The Bertz CT molecular complexity index is 427. The van der Waals surface area contributed by atoms with E-state index in [1.807, 2.05) is 19.1 Å². The number of nitrogens with two attached hydrogens (primary N) is 1. The normalized spacial score (nSPS) is 10.7. The predicted octanol–water partition coefficient (Wildman–Crippen LogP) is 3.70. The van der Waals surface area contributed by atoms with Crippen LogP contribution in [0.2, 0.25) is 0 Å². The Hall–Kier alpha value is -1.48. The quantitative estimate of drug-likeness (QED) is 0.700. The fraction of sp³-hybridized carbons (Fsp3) is 0.529. The lowest BCUT2D eigenvalue weighted by Crippen LogP contribution is -2.07. The molecule has 0 amide bonds. The van der Waals surface area contributed by atoms with E-state index >= 15 is 0 Å². The van der Waals surface area contributed by atoms with Crippen molar-refractivity contribution in [2.45, 2.75) is 40.2 Å². The third kappa shape index (κ3) is 4.89.